The highest BCUT2D eigenvalue weighted by Crippen LogP contribution is 2.18. The van der Waals surface area contributed by atoms with Crippen LogP contribution in [0.15, 0.2) is 10.4 Å². The van der Waals surface area contributed by atoms with E-state index in [1.807, 2.05) is 38.2 Å². The number of nitrogens with two attached hydrogens (primary N) is 1. The number of thiazole rings is 1. The van der Waals surface area contributed by atoms with Crippen molar-refractivity contribution in [3.63, 3.8) is 0 Å². The molecule has 0 bridgehead atoms. The molecule has 0 aliphatic rings. The van der Waals surface area contributed by atoms with Gasteiger partial charge >= 0.3 is 0 Å². The van der Waals surface area contributed by atoms with Gasteiger partial charge in [0.25, 0.3) is 0 Å². The molecule has 5 nitrogen and oxygen atoms in total. The number of nitrogens with zero attached hydrogens (tertiary/aromatic N) is 3. The third-order valence-electron chi connectivity index (χ3n) is 1.77. The van der Waals surface area contributed by atoms with E-state index in [9.17, 15) is 0 Å². The zero-order chi connectivity index (χ0) is 12.1. The molecule has 0 spiro atoms. The SMILES string of the molecule is CC(C)NC(N)=NCc1csc(N(C)C)n1. The summed E-state index contributed by atoms with van der Waals surface area (Å²) in [4.78, 5) is 10.6. The largest absolute Gasteiger partial charge is 0.370 e. The molecule has 0 saturated heterocycles. The molecule has 0 aliphatic heterocycles. The second kappa shape index (κ2) is 5.69. The van der Waals surface area contributed by atoms with Crippen LogP contribution in [0.5, 0.6) is 0 Å². The van der Waals surface area contributed by atoms with Crippen molar-refractivity contribution < 1.29 is 0 Å². The summed E-state index contributed by atoms with van der Waals surface area (Å²) in [6, 6.07) is 0.302. The van der Waals surface area contributed by atoms with Gasteiger partial charge in [0, 0.05) is 25.5 Å². The van der Waals surface area contributed by atoms with E-state index < -0.39 is 0 Å². The fraction of sp³-hybridized carbons (Fsp3) is 0.600. The Bertz CT molecular complexity index is 356. The standard InChI is InChI=1S/C10H19N5S/c1-7(2)13-9(11)12-5-8-6-16-10(14-8)15(3)4/h6-7H,5H2,1-4H3,(H3,11,12,13). The molecule has 0 saturated carbocycles. The van der Waals surface area contributed by atoms with E-state index in [-0.39, 0.29) is 0 Å². The lowest BCUT2D eigenvalue weighted by atomic mass is 10.4. The third kappa shape index (κ3) is 4.06. The molecule has 1 heterocycles. The first-order valence-electron chi connectivity index (χ1n) is 5.17. The predicted molar refractivity (Wildman–Crippen MR) is 70.0 cm³/mol. The van der Waals surface area contributed by atoms with Crippen LogP contribution in [0.4, 0.5) is 5.13 Å². The molecule has 1 rings (SSSR count). The van der Waals surface area contributed by atoms with Gasteiger partial charge in [-0.2, -0.15) is 0 Å². The monoisotopic (exact) mass is 241 g/mol. The number of aromatic nitrogens is 1. The number of hydrogen-bond donors (Lipinski definition) is 2. The molecule has 0 fully saturated rings. The number of nitrogens with one attached hydrogen (secondary N) is 1. The minimum absolute atomic E-state index is 0.302. The highest BCUT2D eigenvalue weighted by Gasteiger charge is 2.03. The van der Waals surface area contributed by atoms with Crippen LogP contribution in [-0.4, -0.2) is 31.1 Å². The van der Waals surface area contributed by atoms with Crippen molar-refractivity contribution >= 4 is 22.4 Å². The van der Waals surface area contributed by atoms with Gasteiger partial charge in [-0.3, -0.25) is 0 Å². The molecule has 90 valence electrons. The summed E-state index contributed by atoms with van der Waals surface area (Å²) in [5.41, 5.74) is 6.64. The number of rotatable bonds is 4. The molecule has 0 aliphatic carbocycles. The fourth-order valence-electron chi connectivity index (χ4n) is 1.08. The zero-order valence-electron chi connectivity index (χ0n) is 10.2. The molecule has 0 atom stereocenters. The Morgan fingerprint density at radius 2 is 2.31 bits per heavy atom. The lowest BCUT2D eigenvalue weighted by molar-refractivity contribution is 0.723. The van der Waals surface area contributed by atoms with Crippen molar-refractivity contribution in [3.8, 4) is 0 Å². The Balaban J connectivity index is 2.53. The van der Waals surface area contributed by atoms with Gasteiger partial charge in [-0.05, 0) is 13.8 Å². The summed E-state index contributed by atoms with van der Waals surface area (Å²) in [5.74, 6) is 0.467. The average Bonchev–Trinajstić information content (AvgIpc) is 2.61. The van der Waals surface area contributed by atoms with E-state index in [1.54, 1.807) is 11.3 Å². The van der Waals surface area contributed by atoms with E-state index in [1.165, 1.54) is 0 Å². The van der Waals surface area contributed by atoms with Crippen LogP contribution in [-0.2, 0) is 6.54 Å². The summed E-state index contributed by atoms with van der Waals surface area (Å²) < 4.78 is 0. The quantitative estimate of drug-likeness (QED) is 0.610. The Labute approximate surface area is 100 Å². The number of guanidine groups is 1. The molecule has 3 N–H and O–H groups in total. The highest BCUT2D eigenvalue weighted by atomic mass is 32.1. The topological polar surface area (TPSA) is 66.5 Å². The smallest absolute Gasteiger partial charge is 0.189 e. The molecule has 0 radical (unpaired) electrons. The van der Waals surface area contributed by atoms with E-state index >= 15 is 0 Å². The average molecular weight is 241 g/mol. The van der Waals surface area contributed by atoms with Crippen molar-refractivity contribution in [2.75, 3.05) is 19.0 Å². The lowest BCUT2D eigenvalue weighted by Gasteiger charge is -2.07. The Kier molecular flexibility index (Phi) is 4.54. The first-order valence-corrected chi connectivity index (χ1v) is 6.05. The fourth-order valence-corrected chi connectivity index (χ4v) is 1.83. The number of hydrogen-bond acceptors (Lipinski definition) is 4. The van der Waals surface area contributed by atoms with Crippen molar-refractivity contribution in [2.24, 2.45) is 10.7 Å². The van der Waals surface area contributed by atoms with Crippen LogP contribution in [0.3, 0.4) is 0 Å². The number of anilines is 1. The summed E-state index contributed by atoms with van der Waals surface area (Å²) in [6.45, 7) is 4.57. The van der Waals surface area contributed by atoms with Gasteiger partial charge in [0.2, 0.25) is 0 Å². The second-order valence-electron chi connectivity index (χ2n) is 4.02. The van der Waals surface area contributed by atoms with Gasteiger partial charge < -0.3 is 16.0 Å². The normalized spacial score (nSPS) is 11.9. The highest BCUT2D eigenvalue weighted by molar-refractivity contribution is 7.13. The maximum absolute atomic E-state index is 5.69. The van der Waals surface area contributed by atoms with Crippen LogP contribution in [0.25, 0.3) is 0 Å². The van der Waals surface area contributed by atoms with Crippen molar-refractivity contribution in [2.45, 2.75) is 26.4 Å². The maximum atomic E-state index is 5.69. The summed E-state index contributed by atoms with van der Waals surface area (Å²) in [6.07, 6.45) is 0. The molecule has 16 heavy (non-hydrogen) atoms. The molecular weight excluding hydrogens is 222 g/mol. The molecule has 0 aromatic carbocycles. The first-order chi connectivity index (χ1) is 7.49. The minimum Gasteiger partial charge on any atom is -0.370 e. The van der Waals surface area contributed by atoms with E-state index in [0.29, 0.717) is 18.5 Å². The number of aliphatic imine (C=N–C) groups is 1. The van der Waals surface area contributed by atoms with Crippen LogP contribution in [0.2, 0.25) is 0 Å². The summed E-state index contributed by atoms with van der Waals surface area (Å²) in [5, 5.41) is 6.02. The van der Waals surface area contributed by atoms with E-state index in [0.717, 1.165) is 10.8 Å². The predicted octanol–water partition coefficient (Wildman–Crippen LogP) is 1.02. The zero-order valence-corrected chi connectivity index (χ0v) is 11.0. The first kappa shape index (κ1) is 12.8. The Morgan fingerprint density at radius 1 is 1.62 bits per heavy atom. The van der Waals surface area contributed by atoms with Gasteiger partial charge in [0.15, 0.2) is 11.1 Å². The van der Waals surface area contributed by atoms with Crippen molar-refractivity contribution in [3.05, 3.63) is 11.1 Å². The van der Waals surface area contributed by atoms with Gasteiger partial charge in [0.05, 0.1) is 12.2 Å². The van der Waals surface area contributed by atoms with Crippen LogP contribution < -0.4 is 16.0 Å². The summed E-state index contributed by atoms with van der Waals surface area (Å²) in [7, 11) is 3.95. The van der Waals surface area contributed by atoms with E-state index in [2.05, 4.69) is 15.3 Å². The van der Waals surface area contributed by atoms with Gasteiger partial charge in [-0.1, -0.05) is 0 Å². The van der Waals surface area contributed by atoms with Gasteiger partial charge in [0.1, 0.15) is 0 Å². The lowest BCUT2D eigenvalue weighted by Crippen LogP contribution is -2.36. The Hall–Kier alpha value is -1.30. The molecule has 0 amide bonds. The van der Waals surface area contributed by atoms with Crippen LogP contribution in [0.1, 0.15) is 19.5 Å². The molecule has 1 aromatic heterocycles. The van der Waals surface area contributed by atoms with Crippen molar-refractivity contribution in [1.29, 1.82) is 0 Å². The van der Waals surface area contributed by atoms with Gasteiger partial charge in [-0.25, -0.2) is 9.98 Å². The Morgan fingerprint density at radius 3 is 2.81 bits per heavy atom. The molecular formula is C10H19N5S. The van der Waals surface area contributed by atoms with Crippen molar-refractivity contribution in [1.82, 2.24) is 10.3 Å². The molecule has 1 aromatic rings. The molecule has 0 unspecified atom stereocenters. The van der Waals surface area contributed by atoms with E-state index in [4.69, 9.17) is 5.73 Å². The van der Waals surface area contributed by atoms with Gasteiger partial charge in [-0.15, -0.1) is 11.3 Å². The summed E-state index contributed by atoms with van der Waals surface area (Å²) >= 11 is 1.61. The third-order valence-corrected chi connectivity index (χ3v) is 2.83. The van der Waals surface area contributed by atoms with Crippen LogP contribution in [0, 0.1) is 0 Å². The minimum atomic E-state index is 0.302. The second-order valence-corrected chi connectivity index (χ2v) is 4.85. The maximum Gasteiger partial charge on any atom is 0.189 e. The van der Waals surface area contributed by atoms with Crippen LogP contribution >= 0.6 is 11.3 Å². The molecule has 6 heteroatoms.